The molecular formula is C14H30N2O3S. The maximum Gasteiger partial charge on any atom is 0.213 e. The molecule has 1 rings (SSSR count). The van der Waals surface area contributed by atoms with Gasteiger partial charge in [0.2, 0.25) is 10.0 Å². The van der Waals surface area contributed by atoms with Crippen LogP contribution in [0.3, 0.4) is 0 Å². The summed E-state index contributed by atoms with van der Waals surface area (Å²) in [7, 11) is -3.04. The minimum Gasteiger partial charge on any atom is -0.396 e. The molecule has 0 aliphatic carbocycles. The molecule has 5 nitrogen and oxygen atoms in total. The molecule has 0 radical (unpaired) electrons. The van der Waals surface area contributed by atoms with E-state index in [2.05, 4.69) is 19.2 Å². The van der Waals surface area contributed by atoms with Gasteiger partial charge in [-0.05, 0) is 32.6 Å². The van der Waals surface area contributed by atoms with E-state index >= 15 is 0 Å². The van der Waals surface area contributed by atoms with E-state index in [1.807, 2.05) is 0 Å². The molecule has 1 fully saturated rings. The Hall–Kier alpha value is -0.170. The monoisotopic (exact) mass is 306 g/mol. The molecule has 2 N–H and O–H groups in total. The summed E-state index contributed by atoms with van der Waals surface area (Å²) in [4.78, 5) is 0. The highest BCUT2D eigenvalue weighted by Crippen LogP contribution is 2.25. The fourth-order valence-corrected chi connectivity index (χ4v) is 3.79. The van der Waals surface area contributed by atoms with Crippen molar-refractivity contribution in [3.8, 4) is 0 Å². The Kier molecular flexibility index (Phi) is 6.91. The maximum absolute atomic E-state index is 11.8. The zero-order valence-corrected chi connectivity index (χ0v) is 13.9. The molecule has 0 spiro atoms. The molecule has 0 aromatic heterocycles. The Morgan fingerprint density at radius 3 is 2.15 bits per heavy atom. The molecule has 0 unspecified atom stereocenters. The first kappa shape index (κ1) is 17.9. The second-order valence-electron chi connectivity index (χ2n) is 5.82. The van der Waals surface area contributed by atoms with Gasteiger partial charge >= 0.3 is 0 Å². The van der Waals surface area contributed by atoms with E-state index in [0.29, 0.717) is 19.1 Å². The summed E-state index contributed by atoms with van der Waals surface area (Å²) in [5.74, 6) is 0.185. The molecule has 1 aliphatic rings. The highest BCUT2D eigenvalue weighted by molar-refractivity contribution is 7.89. The number of hydrogen-bond donors (Lipinski definition) is 2. The van der Waals surface area contributed by atoms with Crippen LogP contribution in [-0.2, 0) is 10.0 Å². The smallest absolute Gasteiger partial charge is 0.213 e. The van der Waals surface area contributed by atoms with E-state index in [-0.39, 0.29) is 17.8 Å². The molecule has 0 bridgehead atoms. The van der Waals surface area contributed by atoms with E-state index in [9.17, 15) is 13.5 Å². The zero-order chi connectivity index (χ0) is 15.2. The molecule has 6 heteroatoms. The molecule has 0 aromatic carbocycles. The predicted octanol–water partition coefficient (Wildman–Crippen LogP) is 1.19. The third-order valence-corrected chi connectivity index (χ3v) is 6.69. The summed E-state index contributed by atoms with van der Waals surface area (Å²) < 4.78 is 25.2. The van der Waals surface area contributed by atoms with Gasteiger partial charge in [-0.2, -0.15) is 0 Å². The van der Waals surface area contributed by atoms with Gasteiger partial charge in [0.25, 0.3) is 0 Å². The highest BCUT2D eigenvalue weighted by atomic mass is 32.2. The van der Waals surface area contributed by atoms with Crippen LogP contribution >= 0.6 is 0 Å². The van der Waals surface area contributed by atoms with Crippen LogP contribution in [0.5, 0.6) is 0 Å². The number of sulfonamides is 1. The second-order valence-corrected chi connectivity index (χ2v) is 8.08. The lowest BCUT2D eigenvalue weighted by Crippen LogP contribution is -2.48. The number of rotatable bonds is 8. The van der Waals surface area contributed by atoms with Gasteiger partial charge in [0.1, 0.15) is 0 Å². The van der Waals surface area contributed by atoms with E-state index in [1.165, 1.54) is 0 Å². The van der Waals surface area contributed by atoms with Crippen molar-refractivity contribution in [2.45, 2.75) is 52.5 Å². The molecule has 20 heavy (non-hydrogen) atoms. The van der Waals surface area contributed by atoms with Crippen LogP contribution in [0.2, 0.25) is 0 Å². The minimum absolute atomic E-state index is 0.0351. The molecule has 1 saturated heterocycles. The lowest BCUT2D eigenvalue weighted by molar-refractivity contribution is 0.106. The summed E-state index contributed by atoms with van der Waals surface area (Å²) in [6, 6.07) is 0.363. The average Bonchev–Trinajstić information content (AvgIpc) is 2.50. The van der Waals surface area contributed by atoms with Gasteiger partial charge < -0.3 is 10.4 Å². The average molecular weight is 306 g/mol. The van der Waals surface area contributed by atoms with Crippen LogP contribution in [0.15, 0.2) is 0 Å². The first-order chi connectivity index (χ1) is 9.43. The predicted molar refractivity (Wildman–Crippen MR) is 82.2 cm³/mol. The van der Waals surface area contributed by atoms with Gasteiger partial charge in [-0.15, -0.1) is 0 Å². The van der Waals surface area contributed by atoms with Crippen LogP contribution in [0.4, 0.5) is 0 Å². The standard InChI is InChI=1S/C14H30N2O3S/c1-4-14(5-2,12-17)11-15-13-7-9-16(10-8-13)20(18,19)6-3/h13,15,17H,4-12H2,1-3H3. The number of hydrogen-bond acceptors (Lipinski definition) is 4. The van der Waals surface area contributed by atoms with Gasteiger partial charge in [-0.1, -0.05) is 13.8 Å². The number of nitrogens with zero attached hydrogens (tertiary/aromatic N) is 1. The minimum atomic E-state index is -3.04. The summed E-state index contributed by atoms with van der Waals surface area (Å²) in [6.45, 7) is 8.14. The lowest BCUT2D eigenvalue weighted by atomic mass is 9.83. The Bertz CT molecular complexity index is 364. The second kappa shape index (κ2) is 7.73. The van der Waals surface area contributed by atoms with Crippen LogP contribution < -0.4 is 5.32 Å². The van der Waals surface area contributed by atoms with Crippen molar-refractivity contribution in [2.24, 2.45) is 5.41 Å². The Morgan fingerprint density at radius 2 is 1.75 bits per heavy atom. The summed E-state index contributed by atoms with van der Waals surface area (Å²) in [5.41, 5.74) is -0.0351. The first-order valence-electron chi connectivity index (χ1n) is 7.75. The quantitative estimate of drug-likeness (QED) is 0.707. The molecule has 0 aromatic rings. The van der Waals surface area contributed by atoms with Crippen molar-refractivity contribution in [3.05, 3.63) is 0 Å². The van der Waals surface area contributed by atoms with Gasteiger partial charge in [0.05, 0.1) is 5.75 Å². The SMILES string of the molecule is CCC(CC)(CO)CNC1CCN(S(=O)(=O)CC)CC1. The Labute approximate surface area is 123 Å². The van der Waals surface area contributed by atoms with Crippen molar-refractivity contribution in [1.82, 2.24) is 9.62 Å². The Morgan fingerprint density at radius 1 is 1.20 bits per heavy atom. The fourth-order valence-electron chi connectivity index (χ4n) is 2.66. The molecule has 1 heterocycles. The zero-order valence-electron chi connectivity index (χ0n) is 13.1. The van der Waals surface area contributed by atoms with Crippen molar-refractivity contribution in [3.63, 3.8) is 0 Å². The van der Waals surface area contributed by atoms with Crippen LogP contribution in [-0.4, -0.2) is 55.9 Å². The van der Waals surface area contributed by atoms with Crippen LogP contribution in [0.25, 0.3) is 0 Å². The number of aliphatic hydroxyl groups is 1. The lowest BCUT2D eigenvalue weighted by Gasteiger charge is -2.35. The van der Waals surface area contributed by atoms with Crippen molar-refractivity contribution >= 4 is 10.0 Å². The highest BCUT2D eigenvalue weighted by Gasteiger charge is 2.29. The van der Waals surface area contributed by atoms with Crippen molar-refractivity contribution in [2.75, 3.05) is 32.0 Å². The molecule has 0 atom stereocenters. The van der Waals surface area contributed by atoms with Gasteiger partial charge in [-0.25, -0.2) is 12.7 Å². The molecule has 0 saturated carbocycles. The van der Waals surface area contributed by atoms with E-state index in [4.69, 9.17) is 0 Å². The summed E-state index contributed by atoms with van der Waals surface area (Å²) in [6.07, 6.45) is 3.62. The number of nitrogens with one attached hydrogen (secondary N) is 1. The molecular weight excluding hydrogens is 276 g/mol. The maximum atomic E-state index is 11.8. The third-order valence-electron chi connectivity index (χ3n) is 4.81. The first-order valence-corrected chi connectivity index (χ1v) is 9.36. The normalized spacial score (nSPS) is 19.4. The van der Waals surface area contributed by atoms with E-state index in [0.717, 1.165) is 32.2 Å². The molecule has 1 aliphatic heterocycles. The molecule has 120 valence electrons. The van der Waals surface area contributed by atoms with E-state index in [1.54, 1.807) is 11.2 Å². The van der Waals surface area contributed by atoms with Crippen molar-refractivity contribution in [1.29, 1.82) is 0 Å². The van der Waals surface area contributed by atoms with Gasteiger partial charge in [0, 0.05) is 37.7 Å². The van der Waals surface area contributed by atoms with Crippen LogP contribution in [0.1, 0.15) is 46.5 Å². The summed E-state index contributed by atoms with van der Waals surface area (Å²) >= 11 is 0. The number of piperidine rings is 1. The topological polar surface area (TPSA) is 69.6 Å². The summed E-state index contributed by atoms with van der Waals surface area (Å²) in [5, 5.41) is 13.1. The largest absolute Gasteiger partial charge is 0.396 e. The third kappa shape index (κ3) is 4.41. The molecule has 0 amide bonds. The Balaban J connectivity index is 2.43. The van der Waals surface area contributed by atoms with Crippen molar-refractivity contribution < 1.29 is 13.5 Å². The van der Waals surface area contributed by atoms with Crippen LogP contribution in [0, 0.1) is 5.41 Å². The van der Waals surface area contributed by atoms with E-state index < -0.39 is 10.0 Å². The number of aliphatic hydroxyl groups excluding tert-OH is 1. The van der Waals surface area contributed by atoms with Gasteiger partial charge in [-0.3, -0.25) is 0 Å². The fraction of sp³-hybridized carbons (Fsp3) is 1.00. The van der Waals surface area contributed by atoms with Gasteiger partial charge in [0.15, 0.2) is 0 Å².